The van der Waals surface area contributed by atoms with E-state index in [9.17, 15) is 14.7 Å². The topological polar surface area (TPSA) is 79.5 Å². The average molecular weight is 379 g/mol. The van der Waals surface area contributed by atoms with Crippen LogP contribution < -0.4 is 5.32 Å². The number of nitrogens with one attached hydrogen (secondary N) is 1. The predicted molar refractivity (Wildman–Crippen MR) is 105 cm³/mol. The summed E-state index contributed by atoms with van der Waals surface area (Å²) in [6.45, 7) is 0. The Morgan fingerprint density at radius 3 is 2.33 bits per heavy atom. The molecule has 2 aromatic carbocycles. The van der Waals surface area contributed by atoms with E-state index in [2.05, 4.69) is 5.32 Å². The number of rotatable bonds is 6. The van der Waals surface area contributed by atoms with Crippen molar-refractivity contribution in [1.82, 2.24) is 5.32 Å². The highest BCUT2D eigenvalue weighted by atomic mass is 32.2. The zero-order valence-corrected chi connectivity index (χ0v) is 15.3. The van der Waals surface area contributed by atoms with Gasteiger partial charge in [-0.25, -0.2) is 4.79 Å². The number of thioether (sulfide) groups is 1. The summed E-state index contributed by atoms with van der Waals surface area (Å²) in [5.74, 6) is -0.789. The first kappa shape index (κ1) is 18.5. The molecule has 3 rings (SSSR count). The fraction of sp³-hybridized carbons (Fsp3) is 0.0476. The van der Waals surface area contributed by atoms with Gasteiger partial charge < -0.3 is 14.8 Å². The van der Waals surface area contributed by atoms with E-state index in [1.165, 1.54) is 6.08 Å². The van der Waals surface area contributed by atoms with Gasteiger partial charge in [-0.3, -0.25) is 4.79 Å². The first-order valence-corrected chi connectivity index (χ1v) is 9.35. The van der Waals surface area contributed by atoms with Crippen molar-refractivity contribution in [3.05, 3.63) is 83.8 Å². The van der Waals surface area contributed by atoms with E-state index in [1.807, 2.05) is 30.5 Å². The Kier molecular flexibility index (Phi) is 5.78. The predicted octanol–water partition coefficient (Wildman–Crippen LogP) is 4.52. The van der Waals surface area contributed by atoms with Gasteiger partial charge in [-0.2, -0.15) is 0 Å². The minimum absolute atomic E-state index is 0.262. The second-order valence-corrected chi connectivity index (χ2v) is 6.49. The lowest BCUT2D eigenvalue weighted by Gasteiger charge is -2.05. The Hall–Kier alpha value is -3.25. The van der Waals surface area contributed by atoms with Gasteiger partial charge in [-0.1, -0.05) is 30.3 Å². The number of amides is 1. The molecule has 6 heteroatoms. The molecule has 2 N–H and O–H groups in total. The molecule has 0 fully saturated rings. The first-order valence-electron chi connectivity index (χ1n) is 8.12. The van der Waals surface area contributed by atoms with E-state index in [0.717, 1.165) is 10.5 Å². The number of hydrogen-bond acceptors (Lipinski definition) is 4. The van der Waals surface area contributed by atoms with Gasteiger partial charge >= 0.3 is 5.97 Å². The highest BCUT2D eigenvalue weighted by Crippen LogP contribution is 2.25. The van der Waals surface area contributed by atoms with Crippen molar-refractivity contribution < 1.29 is 19.1 Å². The molecule has 3 aromatic rings. The molecule has 136 valence electrons. The molecule has 0 saturated carbocycles. The third-order valence-corrected chi connectivity index (χ3v) is 4.55. The van der Waals surface area contributed by atoms with E-state index >= 15 is 0 Å². The van der Waals surface area contributed by atoms with Gasteiger partial charge in [0.2, 0.25) is 0 Å². The zero-order chi connectivity index (χ0) is 19.2. The van der Waals surface area contributed by atoms with Crippen LogP contribution in [0.15, 0.2) is 81.7 Å². The summed E-state index contributed by atoms with van der Waals surface area (Å²) in [5.41, 5.74) is 0.999. The average Bonchev–Trinajstić information content (AvgIpc) is 3.16. The Labute approximate surface area is 160 Å². The Morgan fingerprint density at radius 2 is 1.70 bits per heavy atom. The molecule has 0 aliphatic heterocycles. The van der Waals surface area contributed by atoms with Crippen molar-refractivity contribution in [3.63, 3.8) is 0 Å². The molecule has 0 saturated heterocycles. The van der Waals surface area contributed by atoms with Gasteiger partial charge in [0.15, 0.2) is 0 Å². The van der Waals surface area contributed by atoms with E-state index in [-0.39, 0.29) is 5.70 Å². The smallest absolute Gasteiger partial charge is 0.352 e. The van der Waals surface area contributed by atoms with Crippen LogP contribution in [0.25, 0.3) is 17.4 Å². The Morgan fingerprint density at radius 1 is 1.00 bits per heavy atom. The molecule has 0 spiro atoms. The fourth-order valence-corrected chi connectivity index (χ4v) is 2.83. The maximum absolute atomic E-state index is 12.2. The normalized spacial score (nSPS) is 11.2. The molecule has 0 radical (unpaired) electrons. The van der Waals surface area contributed by atoms with Crippen molar-refractivity contribution in [2.75, 3.05) is 6.26 Å². The summed E-state index contributed by atoms with van der Waals surface area (Å²) in [5, 5.41) is 11.8. The van der Waals surface area contributed by atoms with E-state index < -0.39 is 11.9 Å². The summed E-state index contributed by atoms with van der Waals surface area (Å²) in [6, 6.07) is 19.7. The summed E-state index contributed by atoms with van der Waals surface area (Å²) < 4.78 is 5.71. The maximum atomic E-state index is 12.2. The summed E-state index contributed by atoms with van der Waals surface area (Å²) in [7, 11) is 0. The molecule has 0 atom stereocenters. The summed E-state index contributed by atoms with van der Waals surface area (Å²) in [6.07, 6.45) is 3.30. The van der Waals surface area contributed by atoms with Crippen LogP contribution in [0.4, 0.5) is 0 Å². The lowest BCUT2D eigenvalue weighted by Crippen LogP contribution is -2.27. The van der Waals surface area contributed by atoms with Crippen molar-refractivity contribution in [2.24, 2.45) is 0 Å². The van der Waals surface area contributed by atoms with Crippen LogP contribution in [0.3, 0.4) is 0 Å². The number of carboxylic acids is 1. The molecule has 27 heavy (non-hydrogen) atoms. The number of carboxylic acid groups (broad SMARTS) is 1. The lowest BCUT2D eigenvalue weighted by atomic mass is 10.2. The maximum Gasteiger partial charge on any atom is 0.352 e. The molecule has 1 aromatic heterocycles. The van der Waals surface area contributed by atoms with Crippen molar-refractivity contribution in [1.29, 1.82) is 0 Å². The summed E-state index contributed by atoms with van der Waals surface area (Å²) >= 11 is 1.65. The second kappa shape index (κ2) is 8.42. The van der Waals surface area contributed by atoms with Crippen LogP contribution in [0.5, 0.6) is 0 Å². The largest absolute Gasteiger partial charge is 0.477 e. The van der Waals surface area contributed by atoms with Crippen LogP contribution in [0, 0.1) is 0 Å². The van der Waals surface area contributed by atoms with Gasteiger partial charge in [0.05, 0.1) is 0 Å². The van der Waals surface area contributed by atoms with Crippen LogP contribution >= 0.6 is 11.8 Å². The van der Waals surface area contributed by atoms with Crippen molar-refractivity contribution in [2.45, 2.75) is 4.90 Å². The first-order chi connectivity index (χ1) is 13.1. The van der Waals surface area contributed by atoms with Gasteiger partial charge in [-0.15, -0.1) is 11.8 Å². The highest BCUT2D eigenvalue weighted by Gasteiger charge is 2.14. The third kappa shape index (κ3) is 4.68. The molecule has 0 aliphatic rings. The molecule has 1 amide bonds. The monoisotopic (exact) mass is 379 g/mol. The molecule has 0 aliphatic carbocycles. The van der Waals surface area contributed by atoms with E-state index in [0.29, 0.717) is 17.1 Å². The molecular weight excluding hydrogens is 362 g/mol. The van der Waals surface area contributed by atoms with Gasteiger partial charge in [-0.05, 0) is 42.7 Å². The fourth-order valence-electron chi connectivity index (χ4n) is 2.42. The molecule has 1 heterocycles. The Balaban J connectivity index is 1.81. The number of furan rings is 1. The molecular formula is C21H17NO4S. The standard InChI is InChI=1S/C21H17NO4S/c1-27-17-10-7-14(8-11-17)19-12-9-16(26-19)13-18(21(24)25)22-20(23)15-5-3-2-4-6-15/h2-13H,1H3,(H,22,23)(H,24,25)/b18-13+. The summed E-state index contributed by atoms with van der Waals surface area (Å²) in [4.78, 5) is 24.8. The van der Waals surface area contributed by atoms with E-state index in [4.69, 9.17) is 4.42 Å². The zero-order valence-electron chi connectivity index (χ0n) is 14.5. The minimum atomic E-state index is -1.25. The molecule has 0 unspecified atom stereocenters. The van der Waals surface area contributed by atoms with Crippen molar-refractivity contribution in [3.8, 4) is 11.3 Å². The lowest BCUT2D eigenvalue weighted by molar-refractivity contribution is -0.132. The van der Waals surface area contributed by atoms with Crippen LogP contribution in [-0.2, 0) is 4.79 Å². The van der Waals surface area contributed by atoms with Gasteiger partial charge in [0, 0.05) is 22.1 Å². The molecule has 5 nitrogen and oxygen atoms in total. The van der Waals surface area contributed by atoms with Crippen LogP contribution in [0.1, 0.15) is 16.1 Å². The van der Waals surface area contributed by atoms with E-state index in [1.54, 1.807) is 54.2 Å². The minimum Gasteiger partial charge on any atom is -0.477 e. The van der Waals surface area contributed by atoms with Crippen LogP contribution in [0.2, 0.25) is 0 Å². The quantitative estimate of drug-likeness (QED) is 0.486. The van der Waals surface area contributed by atoms with Gasteiger partial charge in [0.1, 0.15) is 17.2 Å². The highest BCUT2D eigenvalue weighted by molar-refractivity contribution is 7.98. The Bertz CT molecular complexity index is 975. The number of aliphatic carboxylic acids is 1. The number of carbonyl (C=O) groups excluding carboxylic acids is 1. The SMILES string of the molecule is CSc1ccc(-c2ccc(/C=C(/NC(=O)c3ccccc3)C(=O)O)o2)cc1. The van der Waals surface area contributed by atoms with Crippen LogP contribution in [-0.4, -0.2) is 23.2 Å². The van der Waals surface area contributed by atoms with Crippen molar-refractivity contribution >= 4 is 29.7 Å². The number of carbonyl (C=O) groups is 2. The third-order valence-electron chi connectivity index (χ3n) is 3.80. The number of benzene rings is 2. The number of hydrogen-bond donors (Lipinski definition) is 2. The van der Waals surface area contributed by atoms with Gasteiger partial charge in [0.25, 0.3) is 5.91 Å². The molecule has 0 bridgehead atoms. The second-order valence-electron chi connectivity index (χ2n) is 5.61.